The maximum absolute atomic E-state index is 12.4. The van der Waals surface area contributed by atoms with Crippen LogP contribution in [0.25, 0.3) is 10.4 Å². The Morgan fingerprint density at radius 1 is 1.12 bits per heavy atom. The molecule has 0 spiro atoms. The van der Waals surface area contributed by atoms with Gasteiger partial charge >= 0.3 is 0 Å². The number of nitrogens with one attached hydrogen (secondary N) is 1. The second-order valence-electron chi connectivity index (χ2n) is 7.07. The lowest BCUT2D eigenvalue weighted by atomic mass is 9.87. The Hall–Kier alpha value is -2.46. The van der Waals surface area contributed by atoms with Crippen LogP contribution in [0.3, 0.4) is 0 Å². The number of hydrogen-bond acceptors (Lipinski definition) is 3. The molecule has 0 aliphatic carbocycles. The maximum atomic E-state index is 12.4. The van der Waals surface area contributed by atoms with Crippen molar-refractivity contribution in [2.24, 2.45) is 0 Å². The first kappa shape index (κ1) is 17.4. The quantitative estimate of drug-likeness (QED) is 0.716. The topological polar surface area (TPSA) is 42.0 Å². The maximum Gasteiger partial charge on any atom is 0.251 e. The molecule has 0 saturated heterocycles. The normalized spacial score (nSPS) is 11.3. The van der Waals surface area contributed by atoms with Gasteiger partial charge in [0, 0.05) is 34.9 Å². The summed E-state index contributed by atoms with van der Waals surface area (Å²) in [6.07, 6.45) is 3.64. The molecule has 3 rings (SSSR count). The van der Waals surface area contributed by atoms with Crippen LogP contribution >= 0.6 is 11.3 Å². The SMILES string of the molecule is CC(C)(C)c1ccc(C(=O)NCc2cncc(-c3cccs3)c2)cc1. The van der Waals surface area contributed by atoms with Crippen molar-refractivity contribution in [3.05, 3.63) is 76.9 Å². The summed E-state index contributed by atoms with van der Waals surface area (Å²) in [7, 11) is 0. The molecule has 2 heterocycles. The standard InChI is InChI=1S/C21H22N2OS/c1-21(2,3)18-8-6-16(7-9-18)20(24)23-13-15-11-17(14-22-12-15)19-5-4-10-25-19/h4-12,14H,13H2,1-3H3,(H,23,24). The van der Waals surface area contributed by atoms with Gasteiger partial charge in [0.15, 0.2) is 0 Å². The van der Waals surface area contributed by atoms with Crippen molar-refractivity contribution in [2.45, 2.75) is 32.7 Å². The monoisotopic (exact) mass is 350 g/mol. The molecule has 0 saturated carbocycles. The highest BCUT2D eigenvalue weighted by atomic mass is 32.1. The predicted molar refractivity (Wildman–Crippen MR) is 104 cm³/mol. The minimum Gasteiger partial charge on any atom is -0.348 e. The second kappa shape index (κ2) is 7.19. The Balaban J connectivity index is 1.65. The number of rotatable bonds is 4. The Morgan fingerprint density at radius 3 is 2.52 bits per heavy atom. The van der Waals surface area contributed by atoms with E-state index >= 15 is 0 Å². The Labute approximate surface area is 152 Å². The molecule has 3 aromatic rings. The molecule has 3 nitrogen and oxygen atoms in total. The van der Waals surface area contributed by atoms with Gasteiger partial charge in [-0.05, 0) is 46.2 Å². The Kier molecular flexibility index (Phi) is 5.00. The summed E-state index contributed by atoms with van der Waals surface area (Å²) in [4.78, 5) is 17.8. The molecule has 128 valence electrons. The van der Waals surface area contributed by atoms with Crippen LogP contribution in [0.2, 0.25) is 0 Å². The van der Waals surface area contributed by atoms with Gasteiger partial charge in [0.05, 0.1) is 0 Å². The summed E-state index contributed by atoms with van der Waals surface area (Å²) in [5, 5.41) is 5.02. The van der Waals surface area contributed by atoms with E-state index in [1.54, 1.807) is 17.5 Å². The highest BCUT2D eigenvalue weighted by molar-refractivity contribution is 7.13. The van der Waals surface area contributed by atoms with E-state index < -0.39 is 0 Å². The molecule has 0 bridgehead atoms. The molecule has 2 aromatic heterocycles. The zero-order valence-corrected chi connectivity index (χ0v) is 15.6. The average molecular weight is 350 g/mol. The number of carbonyl (C=O) groups is 1. The van der Waals surface area contributed by atoms with E-state index in [2.05, 4.69) is 43.2 Å². The van der Waals surface area contributed by atoms with Crippen molar-refractivity contribution in [1.29, 1.82) is 0 Å². The molecule has 1 aromatic carbocycles. The number of amides is 1. The largest absolute Gasteiger partial charge is 0.348 e. The van der Waals surface area contributed by atoms with Crippen LogP contribution < -0.4 is 5.32 Å². The predicted octanol–water partition coefficient (Wildman–Crippen LogP) is 5.04. The third kappa shape index (κ3) is 4.34. The molecule has 0 atom stereocenters. The van der Waals surface area contributed by atoms with E-state index in [4.69, 9.17) is 0 Å². The minimum absolute atomic E-state index is 0.0676. The summed E-state index contributed by atoms with van der Waals surface area (Å²) in [5.74, 6) is -0.0676. The first-order valence-corrected chi connectivity index (χ1v) is 9.18. The molecular formula is C21H22N2OS. The third-order valence-electron chi connectivity index (χ3n) is 4.07. The molecule has 25 heavy (non-hydrogen) atoms. The molecular weight excluding hydrogens is 328 g/mol. The summed E-state index contributed by atoms with van der Waals surface area (Å²) in [5.41, 5.74) is 4.05. The summed E-state index contributed by atoms with van der Waals surface area (Å²) in [6, 6.07) is 14.0. The van der Waals surface area contributed by atoms with E-state index in [9.17, 15) is 4.79 Å². The van der Waals surface area contributed by atoms with Gasteiger partial charge in [-0.15, -0.1) is 11.3 Å². The first-order chi connectivity index (χ1) is 11.9. The Bertz CT molecular complexity index is 846. The number of hydrogen-bond donors (Lipinski definition) is 1. The van der Waals surface area contributed by atoms with Crippen LogP contribution in [0, 0.1) is 0 Å². The molecule has 4 heteroatoms. The number of benzene rings is 1. The van der Waals surface area contributed by atoms with Crippen LogP contribution in [-0.4, -0.2) is 10.9 Å². The van der Waals surface area contributed by atoms with Crippen LogP contribution in [0.1, 0.15) is 42.3 Å². The fraction of sp³-hybridized carbons (Fsp3) is 0.238. The summed E-state index contributed by atoms with van der Waals surface area (Å²) in [6.45, 7) is 6.95. The number of carbonyl (C=O) groups excluding carboxylic acids is 1. The van der Waals surface area contributed by atoms with Gasteiger partial charge in [-0.1, -0.05) is 39.0 Å². The Morgan fingerprint density at radius 2 is 1.88 bits per heavy atom. The van der Waals surface area contributed by atoms with Crippen molar-refractivity contribution in [1.82, 2.24) is 10.3 Å². The zero-order valence-electron chi connectivity index (χ0n) is 14.7. The van der Waals surface area contributed by atoms with Crippen LogP contribution in [0.5, 0.6) is 0 Å². The van der Waals surface area contributed by atoms with E-state index in [0.717, 1.165) is 11.1 Å². The van der Waals surface area contributed by atoms with Crippen LogP contribution in [0.15, 0.2) is 60.2 Å². The average Bonchev–Trinajstić information content (AvgIpc) is 3.14. The van der Waals surface area contributed by atoms with Crippen molar-refractivity contribution in [2.75, 3.05) is 0 Å². The highest BCUT2D eigenvalue weighted by Crippen LogP contribution is 2.24. The van der Waals surface area contributed by atoms with Gasteiger partial charge in [0.2, 0.25) is 0 Å². The van der Waals surface area contributed by atoms with Crippen molar-refractivity contribution in [3.8, 4) is 10.4 Å². The van der Waals surface area contributed by atoms with Crippen molar-refractivity contribution in [3.63, 3.8) is 0 Å². The van der Waals surface area contributed by atoms with Gasteiger partial charge in [0.1, 0.15) is 0 Å². The van der Waals surface area contributed by atoms with Crippen molar-refractivity contribution >= 4 is 17.2 Å². The van der Waals surface area contributed by atoms with E-state index in [0.29, 0.717) is 12.1 Å². The number of aromatic nitrogens is 1. The lowest BCUT2D eigenvalue weighted by Crippen LogP contribution is -2.23. The van der Waals surface area contributed by atoms with E-state index in [1.165, 1.54) is 10.4 Å². The molecule has 0 aliphatic rings. The fourth-order valence-corrected chi connectivity index (χ4v) is 3.28. The lowest BCUT2D eigenvalue weighted by Gasteiger charge is -2.19. The molecule has 1 N–H and O–H groups in total. The number of thiophene rings is 1. The van der Waals surface area contributed by atoms with Gasteiger partial charge < -0.3 is 5.32 Å². The number of pyridine rings is 1. The van der Waals surface area contributed by atoms with E-state index in [1.807, 2.05) is 41.9 Å². The fourth-order valence-electron chi connectivity index (χ4n) is 2.57. The summed E-state index contributed by atoms with van der Waals surface area (Å²) < 4.78 is 0. The van der Waals surface area contributed by atoms with Crippen molar-refractivity contribution < 1.29 is 4.79 Å². The minimum atomic E-state index is -0.0676. The zero-order chi connectivity index (χ0) is 17.9. The lowest BCUT2D eigenvalue weighted by molar-refractivity contribution is 0.0951. The molecule has 1 amide bonds. The molecule has 0 radical (unpaired) electrons. The number of nitrogens with zero attached hydrogens (tertiary/aromatic N) is 1. The molecule has 0 unspecified atom stereocenters. The molecule has 0 aliphatic heterocycles. The van der Waals surface area contributed by atoms with Gasteiger partial charge in [0.25, 0.3) is 5.91 Å². The van der Waals surface area contributed by atoms with Gasteiger partial charge in [-0.25, -0.2) is 0 Å². The summed E-state index contributed by atoms with van der Waals surface area (Å²) >= 11 is 1.68. The van der Waals surface area contributed by atoms with Gasteiger partial charge in [-0.3, -0.25) is 9.78 Å². The highest BCUT2D eigenvalue weighted by Gasteiger charge is 2.14. The second-order valence-corrected chi connectivity index (χ2v) is 8.02. The van der Waals surface area contributed by atoms with Crippen LogP contribution in [-0.2, 0) is 12.0 Å². The van der Waals surface area contributed by atoms with Gasteiger partial charge in [-0.2, -0.15) is 0 Å². The molecule has 0 fully saturated rings. The third-order valence-corrected chi connectivity index (χ3v) is 4.99. The van der Waals surface area contributed by atoms with E-state index in [-0.39, 0.29) is 11.3 Å². The first-order valence-electron chi connectivity index (χ1n) is 8.30. The smallest absolute Gasteiger partial charge is 0.251 e. The van der Waals surface area contributed by atoms with Crippen LogP contribution in [0.4, 0.5) is 0 Å².